The van der Waals surface area contributed by atoms with E-state index in [1.165, 1.54) is 46.5 Å². The Balaban J connectivity index is 0.000000215. The molecule has 6 N–H and O–H groups in total. The summed E-state index contributed by atoms with van der Waals surface area (Å²) in [5, 5.41) is 19.1. The number of aliphatic imine (C=N–C) groups is 1. The highest BCUT2D eigenvalue weighted by molar-refractivity contribution is 7.82. The minimum absolute atomic E-state index is 0. The first-order chi connectivity index (χ1) is 54.4. The molecule has 6 aromatic carbocycles. The second-order valence-corrected chi connectivity index (χ2v) is 34.3. The van der Waals surface area contributed by atoms with Crippen molar-refractivity contribution in [2.45, 2.75) is 121 Å². The number of anilines is 4. The molecule has 26 nitrogen and oxygen atoms in total. The molecule has 0 saturated carbocycles. The Hall–Kier alpha value is -11.3. The number of carbonyl (C=O) groups is 8. The van der Waals surface area contributed by atoms with E-state index in [0.717, 1.165) is 50.6 Å². The van der Waals surface area contributed by atoms with Gasteiger partial charge in [-0.2, -0.15) is 25.3 Å². The first kappa shape index (κ1) is 84.7. The smallest absolute Gasteiger partial charge is 0.425 e. The van der Waals surface area contributed by atoms with Crippen LogP contribution < -0.4 is 50.8 Å². The maximum Gasteiger partial charge on any atom is 0.425 e. The third-order valence-electron chi connectivity index (χ3n) is 19.4. The lowest BCUT2D eigenvalue weighted by molar-refractivity contribution is -0.117. The van der Waals surface area contributed by atoms with E-state index in [2.05, 4.69) is 92.5 Å². The van der Waals surface area contributed by atoms with Crippen LogP contribution in [0.25, 0.3) is 20.2 Å². The number of hydrogen-bond donors (Lipinski definition) is 8. The maximum atomic E-state index is 13.7. The first-order valence-corrected chi connectivity index (χ1v) is 40.3. The van der Waals surface area contributed by atoms with E-state index in [9.17, 15) is 38.4 Å². The van der Waals surface area contributed by atoms with E-state index in [4.69, 9.17) is 31.6 Å². The van der Waals surface area contributed by atoms with Gasteiger partial charge in [-0.3, -0.25) is 43.3 Å². The zero-order valence-electron chi connectivity index (χ0n) is 64.0. The van der Waals surface area contributed by atoms with Crippen molar-refractivity contribution in [2.75, 3.05) is 61.8 Å². The Kier molecular flexibility index (Phi) is 27.2. The lowest BCUT2D eigenvalue weighted by atomic mass is 9.92. The van der Waals surface area contributed by atoms with Crippen molar-refractivity contribution in [3.05, 3.63) is 206 Å². The van der Waals surface area contributed by atoms with Gasteiger partial charge in [0.05, 0.1) is 65.9 Å². The number of thiol groups is 2. The molecule has 0 spiro atoms. The van der Waals surface area contributed by atoms with Crippen LogP contribution in [0.15, 0.2) is 151 Å². The van der Waals surface area contributed by atoms with Crippen molar-refractivity contribution in [2.24, 2.45) is 19.1 Å². The van der Waals surface area contributed by atoms with E-state index in [0.29, 0.717) is 129 Å². The van der Waals surface area contributed by atoms with Crippen LogP contribution in [0.1, 0.15) is 156 Å². The number of nitrogens with one attached hydrogen (secondary N) is 6. The van der Waals surface area contributed by atoms with Crippen molar-refractivity contribution in [3.63, 3.8) is 0 Å². The average molecular weight is 1660 g/mol. The number of thiophene rings is 2. The Morgan fingerprint density at radius 3 is 1.47 bits per heavy atom. The number of nitrogens with zero attached hydrogens (tertiary/aromatic N) is 5. The van der Waals surface area contributed by atoms with Crippen LogP contribution in [-0.4, -0.2) is 147 Å². The van der Waals surface area contributed by atoms with Gasteiger partial charge in [-0.25, -0.2) is 0 Å². The normalized spacial score (nSPS) is 14.5. The van der Waals surface area contributed by atoms with E-state index in [1.807, 2.05) is 104 Å². The molecule has 14 rings (SSSR count). The highest BCUT2D eigenvalue weighted by Gasteiger charge is 2.36. The van der Waals surface area contributed by atoms with Crippen LogP contribution in [0, 0.1) is 0 Å². The van der Waals surface area contributed by atoms with Crippen LogP contribution >= 0.6 is 47.9 Å². The number of rotatable bonds is 24. The van der Waals surface area contributed by atoms with Gasteiger partial charge < -0.3 is 69.8 Å². The SMILES string of the molecule is C.COc1cc2c(cc1OCCCC(=O)Nc1cc(C(=O)Nc3ccc4sc(C(=O)NCC(C)(C)S)cc4c3)n(C)c1)CC[C@@H]1Cc3ccccc3CN1C2=O.COc1cc2c(cc1OCCCC(=O)Nc1cc(C(=O)Nc3ccc4sc(C(=O)NCC(C)(C)S)cc4c3)n(C)c1)N=C[C@@H]1Cc3ccccc3CN1C2=O.O=S(=O)=O. The van der Waals surface area contributed by atoms with Crippen molar-refractivity contribution >= 4 is 161 Å². The molecule has 0 saturated heterocycles. The van der Waals surface area contributed by atoms with Crippen LogP contribution in [0.4, 0.5) is 28.4 Å². The lowest BCUT2D eigenvalue weighted by Crippen LogP contribution is -2.44. The topological polar surface area (TPSA) is 326 Å². The molecule has 31 heteroatoms. The largest absolute Gasteiger partial charge is 0.493 e. The number of aromatic nitrogens is 2. The summed E-state index contributed by atoms with van der Waals surface area (Å²) in [4.78, 5) is 115. The summed E-state index contributed by atoms with van der Waals surface area (Å²) in [5.41, 5.74) is 10.3. The Morgan fingerprint density at radius 1 is 0.530 bits per heavy atom. The predicted octanol–water partition coefficient (Wildman–Crippen LogP) is 13.9. The maximum absolute atomic E-state index is 13.7. The van der Waals surface area contributed by atoms with Gasteiger partial charge in [0.25, 0.3) is 35.4 Å². The molecule has 0 fully saturated rings. The van der Waals surface area contributed by atoms with Crippen molar-refractivity contribution < 1.29 is 69.9 Å². The molecule has 115 heavy (non-hydrogen) atoms. The van der Waals surface area contributed by atoms with Gasteiger partial charge in [-0.05, 0) is 184 Å². The Bertz CT molecular complexity index is 5530. The van der Waals surface area contributed by atoms with E-state index in [-0.39, 0.29) is 102 Å². The molecule has 10 aromatic rings. The van der Waals surface area contributed by atoms with E-state index >= 15 is 0 Å². The molecule has 4 aliphatic rings. The summed E-state index contributed by atoms with van der Waals surface area (Å²) in [5.74, 6) is 0.337. The average Bonchev–Trinajstić information content (AvgIpc) is 1.71. The van der Waals surface area contributed by atoms with Crippen molar-refractivity contribution in [3.8, 4) is 23.0 Å². The summed E-state index contributed by atoms with van der Waals surface area (Å²) in [6.07, 6.45) is 9.59. The second-order valence-electron chi connectivity index (χ2n) is 29.3. The molecular formula is C84H91N11O15S5. The van der Waals surface area contributed by atoms with Gasteiger partial charge in [-0.15, -0.1) is 35.3 Å². The number of ether oxygens (including phenoxy) is 4. The number of aryl methyl sites for hydroxylation is 3. The number of carbonyl (C=O) groups excluding carboxylic acids is 8. The van der Waals surface area contributed by atoms with Gasteiger partial charge in [0.15, 0.2) is 23.0 Å². The molecule has 0 bridgehead atoms. The molecular weight excluding hydrogens is 1560 g/mol. The summed E-state index contributed by atoms with van der Waals surface area (Å²) in [6, 6.07) is 41.4. The number of methoxy groups -OCH3 is 2. The third-order valence-corrected chi connectivity index (χ3v) is 22.0. The fourth-order valence-electron chi connectivity index (χ4n) is 13.8. The molecule has 4 aliphatic heterocycles. The molecule has 0 aliphatic carbocycles. The summed E-state index contributed by atoms with van der Waals surface area (Å²) < 4.78 is 53.2. The van der Waals surface area contributed by atoms with Crippen LogP contribution in [0.2, 0.25) is 0 Å². The van der Waals surface area contributed by atoms with Crippen LogP contribution in [0.5, 0.6) is 23.0 Å². The number of hydrogen-bond acceptors (Lipinski definition) is 20. The number of fused-ring (bicyclic) bond motifs is 8. The van der Waals surface area contributed by atoms with Gasteiger partial charge in [0.1, 0.15) is 11.4 Å². The van der Waals surface area contributed by atoms with Gasteiger partial charge in [0.2, 0.25) is 11.8 Å². The molecule has 602 valence electrons. The van der Waals surface area contributed by atoms with Crippen LogP contribution in [-0.2, 0) is 66.6 Å². The zero-order valence-corrected chi connectivity index (χ0v) is 68.2. The molecule has 2 atom stereocenters. The molecule has 8 heterocycles. The molecule has 0 radical (unpaired) electrons. The lowest BCUT2D eigenvalue weighted by Gasteiger charge is -2.35. The summed E-state index contributed by atoms with van der Waals surface area (Å²) in [6.45, 7) is 10.2. The quantitative estimate of drug-likeness (QED) is 0.0206. The van der Waals surface area contributed by atoms with Crippen molar-refractivity contribution in [1.82, 2.24) is 29.6 Å². The highest BCUT2D eigenvalue weighted by atomic mass is 32.2. The van der Waals surface area contributed by atoms with E-state index in [1.54, 1.807) is 85.2 Å². The highest BCUT2D eigenvalue weighted by Crippen LogP contribution is 2.41. The Labute approximate surface area is 686 Å². The fourth-order valence-corrected chi connectivity index (χ4v) is 15.9. The molecule has 0 unspecified atom stereocenters. The van der Waals surface area contributed by atoms with E-state index < -0.39 is 10.6 Å². The first-order valence-electron chi connectivity index (χ1n) is 36.8. The van der Waals surface area contributed by atoms with Crippen LogP contribution in [0.3, 0.4) is 0 Å². The van der Waals surface area contributed by atoms with Gasteiger partial charge in [-0.1, -0.05) is 56.0 Å². The third kappa shape index (κ3) is 21.4. The summed E-state index contributed by atoms with van der Waals surface area (Å²) >= 11 is 11.7. The zero-order chi connectivity index (χ0) is 81.3. The van der Waals surface area contributed by atoms with Crippen molar-refractivity contribution in [1.29, 1.82) is 0 Å². The fraction of sp³-hybridized carbons (Fsp3) is 0.321. The van der Waals surface area contributed by atoms with Gasteiger partial charge in [0, 0.05) is 120 Å². The molecule has 8 amide bonds. The molecule has 4 aromatic heterocycles. The van der Waals surface area contributed by atoms with Gasteiger partial charge >= 0.3 is 10.6 Å². The monoisotopic (exact) mass is 1650 g/mol. The number of benzene rings is 6. The summed E-state index contributed by atoms with van der Waals surface area (Å²) in [7, 11) is 3.44. The standard InChI is InChI=1S/C42H45N5O6S2.C41H42N6O6S2.CH4.O3S/c1-42(2,54)24-43-40(50)37-19-28-16-29(12-14-36(28)55-37)45-39(49)33-20-30(23-46(33)3)44-38(48)10-7-15-53-35-18-26-11-13-31-17-25-8-5-6-9-27(25)22-47(31)41(51)32(26)21-34(35)52-4;1-41(2,54)23-43-39(50)36-16-26-14-27(11-12-35(26)55-36)45-38(49)32-17-28(22-46(32)3)44-37(48)10-7-13-53-34-19-31-30(18-33(34)52-4)40(51)47-21-25-9-6-5-8-24(25)15-29(47)20-42-31;;1-4(2)3/h5-6,8-9,12,14,16,18-21,23,31,54H,7,10-11,13,15,17,22,24H2,1-4H3,(H,43,50)(H,44,48)(H,45,49);5-6,8-9,11-12,14,16-20,22,29,54H,7,10,13,15,21,23H2,1-4H3,(H,43,50)(H,44,48)(H,45,49);1H4;/t31-;29-;;/m10../s1. The minimum Gasteiger partial charge on any atom is -0.493 e. The number of amides is 8. The second kappa shape index (κ2) is 36.9. The Morgan fingerprint density at radius 2 is 0.983 bits per heavy atom. The predicted molar refractivity (Wildman–Crippen MR) is 454 cm³/mol. The minimum atomic E-state index is -3.11.